The molecule has 0 aromatic heterocycles. The zero-order valence-electron chi connectivity index (χ0n) is 11.9. The van der Waals surface area contributed by atoms with Gasteiger partial charge in [0.2, 0.25) is 0 Å². The molecule has 1 rings (SSSR count). The lowest BCUT2D eigenvalue weighted by Crippen LogP contribution is -2.23. The van der Waals surface area contributed by atoms with Gasteiger partial charge in [-0.15, -0.1) is 0 Å². The smallest absolute Gasteiger partial charge is 0.0591 e. The first-order valence-corrected chi connectivity index (χ1v) is 8.35. The first-order valence-electron chi connectivity index (χ1n) is 6.76. The normalized spacial score (nSPS) is 12.9. The lowest BCUT2D eigenvalue weighted by molar-refractivity contribution is 0.123. The highest BCUT2D eigenvalue weighted by Crippen LogP contribution is 2.26. The second-order valence-corrected chi connectivity index (χ2v) is 6.91. The molecule has 108 valence electrons. The van der Waals surface area contributed by atoms with Crippen LogP contribution in [0.2, 0.25) is 0 Å². The minimum atomic E-state index is 0.316. The van der Waals surface area contributed by atoms with Crippen LogP contribution in [0.3, 0.4) is 0 Å². The number of hydrogen-bond acceptors (Lipinski definition) is 2. The van der Waals surface area contributed by atoms with E-state index in [0.717, 1.165) is 35.1 Å². The predicted octanol–water partition coefficient (Wildman–Crippen LogP) is 4.92. The van der Waals surface area contributed by atoms with Gasteiger partial charge in [0.25, 0.3) is 0 Å². The van der Waals surface area contributed by atoms with E-state index in [-0.39, 0.29) is 0 Å². The van der Waals surface area contributed by atoms with Crippen molar-refractivity contribution < 1.29 is 4.74 Å². The van der Waals surface area contributed by atoms with Crippen molar-refractivity contribution in [2.45, 2.75) is 33.2 Å². The van der Waals surface area contributed by atoms with E-state index in [1.54, 1.807) is 0 Å². The van der Waals surface area contributed by atoms with Gasteiger partial charge in [-0.1, -0.05) is 51.8 Å². The van der Waals surface area contributed by atoms with Crippen LogP contribution in [0.25, 0.3) is 0 Å². The molecule has 4 heteroatoms. The molecule has 0 bridgehead atoms. The van der Waals surface area contributed by atoms with Crippen molar-refractivity contribution in [2.24, 2.45) is 5.92 Å². The number of halogens is 2. The van der Waals surface area contributed by atoms with Gasteiger partial charge in [0, 0.05) is 28.1 Å². The summed E-state index contributed by atoms with van der Waals surface area (Å²) in [5, 5.41) is 3.48. The minimum absolute atomic E-state index is 0.316. The van der Waals surface area contributed by atoms with Crippen molar-refractivity contribution in [3.8, 4) is 0 Å². The van der Waals surface area contributed by atoms with Crippen LogP contribution in [0.15, 0.2) is 27.1 Å². The summed E-state index contributed by atoms with van der Waals surface area (Å²) < 4.78 is 7.82. The topological polar surface area (TPSA) is 21.3 Å². The zero-order chi connectivity index (χ0) is 14.3. The average molecular weight is 393 g/mol. The van der Waals surface area contributed by atoms with E-state index in [2.05, 4.69) is 76.1 Å². The molecule has 1 N–H and O–H groups in total. The van der Waals surface area contributed by atoms with Crippen molar-refractivity contribution in [2.75, 3.05) is 19.8 Å². The van der Waals surface area contributed by atoms with Gasteiger partial charge in [-0.05, 0) is 37.0 Å². The van der Waals surface area contributed by atoms with Crippen LogP contribution in [0, 0.1) is 5.92 Å². The van der Waals surface area contributed by atoms with E-state index in [0.29, 0.717) is 12.0 Å². The van der Waals surface area contributed by atoms with E-state index in [9.17, 15) is 0 Å². The summed E-state index contributed by atoms with van der Waals surface area (Å²) in [4.78, 5) is 0. The van der Waals surface area contributed by atoms with Crippen molar-refractivity contribution in [1.29, 1.82) is 0 Å². The Morgan fingerprint density at radius 2 is 1.89 bits per heavy atom. The van der Waals surface area contributed by atoms with E-state index in [1.165, 1.54) is 5.56 Å². The molecule has 0 aliphatic heterocycles. The van der Waals surface area contributed by atoms with Crippen LogP contribution >= 0.6 is 31.9 Å². The van der Waals surface area contributed by atoms with Gasteiger partial charge >= 0.3 is 0 Å². The second kappa shape index (κ2) is 9.11. The summed E-state index contributed by atoms with van der Waals surface area (Å²) in [6.07, 6.45) is 1.13. The van der Waals surface area contributed by atoms with Crippen molar-refractivity contribution in [1.82, 2.24) is 5.32 Å². The summed E-state index contributed by atoms with van der Waals surface area (Å²) in [5.74, 6) is 0.714. The van der Waals surface area contributed by atoms with Crippen LogP contribution in [0.5, 0.6) is 0 Å². The average Bonchev–Trinajstić information content (AvgIpc) is 2.32. The highest BCUT2D eigenvalue weighted by Gasteiger charge is 2.08. The number of rotatable bonds is 8. The molecule has 1 aromatic carbocycles. The Morgan fingerprint density at radius 3 is 2.53 bits per heavy atom. The molecule has 2 nitrogen and oxygen atoms in total. The SMILES string of the molecule is CC(C)CCOCCNC(C)c1ccc(Br)cc1Br. The Kier molecular flexibility index (Phi) is 8.23. The fraction of sp³-hybridized carbons (Fsp3) is 0.600. The highest BCUT2D eigenvalue weighted by atomic mass is 79.9. The molecule has 0 radical (unpaired) electrons. The highest BCUT2D eigenvalue weighted by molar-refractivity contribution is 9.11. The van der Waals surface area contributed by atoms with Gasteiger partial charge < -0.3 is 10.1 Å². The zero-order valence-corrected chi connectivity index (χ0v) is 15.1. The molecular formula is C15H23Br2NO. The Hall–Kier alpha value is 0.1000. The maximum atomic E-state index is 5.60. The Morgan fingerprint density at radius 1 is 1.16 bits per heavy atom. The summed E-state index contributed by atoms with van der Waals surface area (Å²) in [7, 11) is 0. The van der Waals surface area contributed by atoms with Crippen LogP contribution < -0.4 is 5.32 Å². The molecule has 0 saturated heterocycles. The van der Waals surface area contributed by atoms with Gasteiger partial charge in [-0.3, -0.25) is 0 Å². The van der Waals surface area contributed by atoms with Gasteiger partial charge in [0.05, 0.1) is 6.61 Å². The molecule has 0 spiro atoms. The quantitative estimate of drug-likeness (QED) is 0.633. The Balaban J connectivity index is 2.25. The summed E-state index contributed by atoms with van der Waals surface area (Å²) in [6, 6.07) is 6.59. The second-order valence-electron chi connectivity index (χ2n) is 5.14. The molecule has 1 aromatic rings. The monoisotopic (exact) mass is 391 g/mol. The van der Waals surface area contributed by atoms with Crippen LogP contribution in [-0.2, 0) is 4.74 Å². The van der Waals surface area contributed by atoms with Crippen molar-refractivity contribution in [3.63, 3.8) is 0 Å². The molecular weight excluding hydrogens is 370 g/mol. The van der Waals surface area contributed by atoms with E-state index < -0.39 is 0 Å². The van der Waals surface area contributed by atoms with E-state index in [1.807, 2.05) is 0 Å². The molecule has 19 heavy (non-hydrogen) atoms. The van der Waals surface area contributed by atoms with Crippen molar-refractivity contribution >= 4 is 31.9 Å². The maximum absolute atomic E-state index is 5.60. The summed E-state index contributed by atoms with van der Waals surface area (Å²) in [6.45, 7) is 9.11. The fourth-order valence-electron chi connectivity index (χ4n) is 1.73. The Bertz CT molecular complexity index is 382. The first kappa shape index (κ1) is 17.2. The number of nitrogens with one attached hydrogen (secondary N) is 1. The molecule has 0 amide bonds. The van der Waals surface area contributed by atoms with Gasteiger partial charge in [0.15, 0.2) is 0 Å². The molecule has 0 heterocycles. The van der Waals surface area contributed by atoms with Crippen LogP contribution in [0.1, 0.15) is 38.8 Å². The number of hydrogen-bond donors (Lipinski definition) is 1. The molecule has 1 atom stereocenters. The lowest BCUT2D eigenvalue weighted by atomic mass is 10.1. The minimum Gasteiger partial charge on any atom is -0.380 e. The molecule has 0 fully saturated rings. The first-order chi connectivity index (χ1) is 9.00. The molecule has 0 saturated carbocycles. The standard InChI is InChI=1S/C15H23Br2NO/c1-11(2)6-8-19-9-7-18-12(3)14-5-4-13(16)10-15(14)17/h4-5,10-12,18H,6-9H2,1-3H3. The maximum Gasteiger partial charge on any atom is 0.0591 e. The molecule has 0 aliphatic carbocycles. The molecule has 0 aliphatic rings. The van der Waals surface area contributed by atoms with Crippen LogP contribution in [-0.4, -0.2) is 19.8 Å². The van der Waals surface area contributed by atoms with Crippen LogP contribution in [0.4, 0.5) is 0 Å². The van der Waals surface area contributed by atoms with Gasteiger partial charge in [0.1, 0.15) is 0 Å². The number of benzene rings is 1. The summed E-state index contributed by atoms with van der Waals surface area (Å²) in [5.41, 5.74) is 1.27. The van der Waals surface area contributed by atoms with E-state index >= 15 is 0 Å². The van der Waals surface area contributed by atoms with Crippen molar-refractivity contribution in [3.05, 3.63) is 32.7 Å². The lowest BCUT2D eigenvalue weighted by Gasteiger charge is -2.16. The third-order valence-corrected chi connectivity index (χ3v) is 4.15. The summed E-state index contributed by atoms with van der Waals surface area (Å²) >= 11 is 7.06. The largest absolute Gasteiger partial charge is 0.380 e. The predicted molar refractivity (Wildman–Crippen MR) is 88.5 cm³/mol. The fourth-order valence-corrected chi connectivity index (χ4v) is 3.12. The van der Waals surface area contributed by atoms with Gasteiger partial charge in [-0.2, -0.15) is 0 Å². The van der Waals surface area contributed by atoms with Gasteiger partial charge in [-0.25, -0.2) is 0 Å². The third kappa shape index (κ3) is 6.89. The number of ether oxygens (including phenoxy) is 1. The Labute approximate surface area is 133 Å². The molecule has 1 unspecified atom stereocenters. The third-order valence-electron chi connectivity index (χ3n) is 2.97. The van der Waals surface area contributed by atoms with E-state index in [4.69, 9.17) is 4.74 Å².